The number of rotatable bonds is 7. The topological polar surface area (TPSA) is 100 Å². The van der Waals surface area contributed by atoms with Crippen molar-refractivity contribution in [3.05, 3.63) is 75.9 Å². The van der Waals surface area contributed by atoms with Gasteiger partial charge in [0.15, 0.2) is 6.61 Å². The van der Waals surface area contributed by atoms with Crippen molar-refractivity contribution in [2.75, 3.05) is 0 Å². The van der Waals surface area contributed by atoms with Crippen LogP contribution in [0.4, 0.5) is 4.39 Å². The maximum absolute atomic E-state index is 13.8. The van der Waals surface area contributed by atoms with Crippen LogP contribution in [0.25, 0.3) is 22.3 Å². The Hall–Kier alpha value is -3.88. The maximum atomic E-state index is 13.8. The summed E-state index contributed by atoms with van der Waals surface area (Å²) >= 11 is 0. The zero-order valence-electron chi connectivity index (χ0n) is 18.0. The van der Waals surface area contributed by atoms with Gasteiger partial charge in [0.25, 0.3) is 11.4 Å². The number of hydrogen-bond acceptors (Lipinski definition) is 7. The maximum Gasteiger partial charge on any atom is 0.306 e. The van der Waals surface area contributed by atoms with Gasteiger partial charge in [-0.1, -0.05) is 29.4 Å². The highest BCUT2D eigenvalue weighted by Gasteiger charge is 2.28. The largest absolute Gasteiger partial charge is 0.456 e. The first-order valence-corrected chi connectivity index (χ1v) is 10.7. The minimum Gasteiger partial charge on any atom is -0.456 e. The van der Waals surface area contributed by atoms with Crippen molar-refractivity contribution in [1.29, 1.82) is 0 Å². The molecule has 2 aromatic carbocycles. The van der Waals surface area contributed by atoms with Gasteiger partial charge in [-0.25, -0.2) is 9.37 Å². The van der Waals surface area contributed by atoms with Gasteiger partial charge in [0.05, 0.1) is 17.3 Å². The number of carbonyl (C=O) groups excluding carboxylic acids is 1. The van der Waals surface area contributed by atoms with E-state index in [4.69, 9.17) is 9.26 Å². The van der Waals surface area contributed by atoms with Gasteiger partial charge in [0.2, 0.25) is 5.82 Å². The summed E-state index contributed by atoms with van der Waals surface area (Å²) in [5, 5.41) is 4.39. The van der Waals surface area contributed by atoms with E-state index in [0.29, 0.717) is 27.9 Å². The highest BCUT2D eigenvalue weighted by molar-refractivity contribution is 5.77. The SMILES string of the molecule is Cc1ccc(-c2noc(COC(=O)CCc3nc4ccccc4c(=O)n3C3CC3)n2)cc1F. The second-order valence-corrected chi connectivity index (χ2v) is 8.09. The summed E-state index contributed by atoms with van der Waals surface area (Å²) in [5.74, 6) is 0.0737. The third-order valence-electron chi connectivity index (χ3n) is 5.60. The molecule has 0 atom stereocenters. The molecule has 0 unspecified atom stereocenters. The van der Waals surface area contributed by atoms with E-state index in [9.17, 15) is 14.0 Å². The molecule has 1 aliphatic rings. The molecule has 0 radical (unpaired) electrons. The lowest BCUT2D eigenvalue weighted by atomic mass is 10.1. The monoisotopic (exact) mass is 448 g/mol. The normalized spacial score (nSPS) is 13.4. The molecular formula is C24H21FN4O4. The molecule has 0 saturated heterocycles. The van der Waals surface area contributed by atoms with E-state index in [1.807, 2.05) is 12.1 Å². The minimum atomic E-state index is -0.471. The molecule has 33 heavy (non-hydrogen) atoms. The van der Waals surface area contributed by atoms with Crippen molar-refractivity contribution in [1.82, 2.24) is 19.7 Å². The first-order chi connectivity index (χ1) is 16.0. The number of carbonyl (C=O) groups is 1. The lowest BCUT2D eigenvalue weighted by Gasteiger charge is -2.12. The summed E-state index contributed by atoms with van der Waals surface area (Å²) in [6, 6.07) is 12.0. The molecule has 0 aliphatic heterocycles. The van der Waals surface area contributed by atoms with E-state index < -0.39 is 5.97 Å². The van der Waals surface area contributed by atoms with Gasteiger partial charge in [0, 0.05) is 18.0 Å². The molecule has 0 N–H and O–H groups in total. The van der Waals surface area contributed by atoms with Crippen LogP contribution in [0.3, 0.4) is 0 Å². The van der Waals surface area contributed by atoms with Crippen molar-refractivity contribution in [3.8, 4) is 11.4 Å². The third-order valence-corrected chi connectivity index (χ3v) is 5.60. The number of nitrogens with zero attached hydrogens (tertiary/aromatic N) is 4. The molecule has 0 bridgehead atoms. The minimum absolute atomic E-state index is 0.0572. The Morgan fingerprint density at radius 3 is 2.82 bits per heavy atom. The van der Waals surface area contributed by atoms with Crippen LogP contribution in [-0.4, -0.2) is 25.7 Å². The highest BCUT2D eigenvalue weighted by Crippen LogP contribution is 2.35. The summed E-state index contributed by atoms with van der Waals surface area (Å²) in [4.78, 5) is 34.0. The van der Waals surface area contributed by atoms with Gasteiger partial charge in [-0.05, 0) is 43.5 Å². The zero-order chi connectivity index (χ0) is 22.9. The molecule has 8 nitrogen and oxygen atoms in total. The fourth-order valence-corrected chi connectivity index (χ4v) is 3.67. The first-order valence-electron chi connectivity index (χ1n) is 10.7. The molecule has 9 heteroatoms. The van der Waals surface area contributed by atoms with E-state index in [0.717, 1.165) is 12.8 Å². The average Bonchev–Trinajstić information content (AvgIpc) is 3.54. The summed E-state index contributed by atoms with van der Waals surface area (Å²) in [7, 11) is 0. The van der Waals surface area contributed by atoms with Crippen LogP contribution in [0.2, 0.25) is 0 Å². The first kappa shape index (κ1) is 21.0. The fourth-order valence-electron chi connectivity index (χ4n) is 3.67. The third kappa shape index (κ3) is 4.39. The van der Waals surface area contributed by atoms with Gasteiger partial charge in [-0.15, -0.1) is 0 Å². The summed E-state index contributed by atoms with van der Waals surface area (Å²) in [5.41, 5.74) is 1.54. The Labute approximate surface area is 188 Å². The Morgan fingerprint density at radius 2 is 2.03 bits per heavy atom. The van der Waals surface area contributed by atoms with Crippen LogP contribution in [0.1, 0.15) is 42.6 Å². The lowest BCUT2D eigenvalue weighted by molar-refractivity contribution is -0.145. The number of aromatic nitrogens is 4. The van der Waals surface area contributed by atoms with Crippen LogP contribution >= 0.6 is 0 Å². The Kier molecular flexibility index (Phi) is 5.45. The van der Waals surface area contributed by atoms with Crippen molar-refractivity contribution in [3.63, 3.8) is 0 Å². The van der Waals surface area contributed by atoms with Crippen molar-refractivity contribution >= 4 is 16.9 Å². The second kappa shape index (κ2) is 8.57. The van der Waals surface area contributed by atoms with E-state index in [1.54, 1.807) is 35.8 Å². The van der Waals surface area contributed by atoms with Crippen LogP contribution in [0.5, 0.6) is 0 Å². The highest BCUT2D eigenvalue weighted by atomic mass is 19.1. The van der Waals surface area contributed by atoms with Crippen molar-refractivity contribution in [2.45, 2.75) is 45.3 Å². The molecular weight excluding hydrogens is 427 g/mol. The van der Waals surface area contributed by atoms with Crippen LogP contribution < -0.4 is 5.56 Å². The van der Waals surface area contributed by atoms with E-state index in [1.165, 1.54) is 6.07 Å². The molecule has 1 aliphatic carbocycles. The number of esters is 1. The molecule has 1 saturated carbocycles. The Bertz CT molecular complexity index is 1410. The quantitative estimate of drug-likeness (QED) is 0.395. The number of para-hydroxylation sites is 1. The smallest absolute Gasteiger partial charge is 0.306 e. The van der Waals surface area contributed by atoms with E-state index in [2.05, 4.69) is 15.1 Å². The molecule has 168 valence electrons. The van der Waals surface area contributed by atoms with Gasteiger partial charge in [-0.3, -0.25) is 14.2 Å². The van der Waals surface area contributed by atoms with Gasteiger partial charge in [0.1, 0.15) is 11.6 Å². The number of benzene rings is 2. The standard InChI is InChI=1S/C24H21FN4O4/c1-14-6-7-15(12-18(14)25)23-27-21(33-28-23)13-32-22(30)11-10-20-26-19-5-3-2-4-17(19)24(31)29(20)16-8-9-16/h2-7,12,16H,8-11,13H2,1H3. The number of halogens is 1. The van der Waals surface area contributed by atoms with Crippen molar-refractivity contribution in [2.24, 2.45) is 0 Å². The van der Waals surface area contributed by atoms with Crippen molar-refractivity contribution < 1.29 is 18.4 Å². The number of fused-ring (bicyclic) bond motifs is 1. The molecule has 2 aromatic heterocycles. The Balaban J connectivity index is 1.23. The number of aryl methyl sites for hydroxylation is 2. The predicted molar refractivity (Wildman–Crippen MR) is 117 cm³/mol. The summed E-state index contributed by atoms with van der Waals surface area (Å²) in [6.07, 6.45) is 2.21. The predicted octanol–water partition coefficient (Wildman–Crippen LogP) is 3.90. The van der Waals surface area contributed by atoms with E-state index in [-0.39, 0.29) is 48.6 Å². The van der Waals surface area contributed by atoms with Crippen LogP contribution in [-0.2, 0) is 22.6 Å². The molecule has 1 fully saturated rings. The molecule has 5 rings (SSSR count). The number of hydrogen-bond donors (Lipinski definition) is 0. The summed E-state index contributed by atoms with van der Waals surface area (Å²) < 4.78 is 25.8. The van der Waals surface area contributed by atoms with Gasteiger partial charge >= 0.3 is 5.97 Å². The lowest BCUT2D eigenvalue weighted by Crippen LogP contribution is -2.25. The molecule has 4 aromatic rings. The second-order valence-electron chi connectivity index (χ2n) is 8.09. The summed E-state index contributed by atoms with van der Waals surface area (Å²) in [6.45, 7) is 1.47. The zero-order valence-corrected chi connectivity index (χ0v) is 18.0. The van der Waals surface area contributed by atoms with E-state index >= 15 is 0 Å². The average molecular weight is 448 g/mol. The molecule has 2 heterocycles. The van der Waals surface area contributed by atoms with Crippen LogP contribution in [0, 0.1) is 12.7 Å². The molecule has 0 amide bonds. The van der Waals surface area contributed by atoms with Gasteiger partial charge < -0.3 is 9.26 Å². The fraction of sp³-hybridized carbons (Fsp3) is 0.292. The van der Waals surface area contributed by atoms with Gasteiger partial charge in [-0.2, -0.15) is 4.98 Å². The number of ether oxygens (including phenoxy) is 1. The molecule has 0 spiro atoms. The van der Waals surface area contributed by atoms with Crippen LogP contribution in [0.15, 0.2) is 51.8 Å². The Morgan fingerprint density at radius 1 is 1.21 bits per heavy atom.